The molecule has 0 saturated carbocycles. The van der Waals surface area contributed by atoms with Crippen LogP contribution in [0.3, 0.4) is 0 Å². The molecule has 0 aromatic heterocycles. The predicted octanol–water partition coefficient (Wildman–Crippen LogP) is 2.90. The number of nitro benzene ring substituents is 1. The fourth-order valence-electron chi connectivity index (χ4n) is 2.07. The topological polar surface area (TPSA) is 125 Å². The molecule has 0 aliphatic carbocycles. The van der Waals surface area contributed by atoms with Gasteiger partial charge in [0.2, 0.25) is 0 Å². The Morgan fingerprint density at radius 2 is 2.00 bits per heavy atom. The van der Waals surface area contributed by atoms with Crippen LogP contribution in [0.25, 0.3) is 6.08 Å². The molecular formula is C16H11N3O5S. The number of nitrogens with zero attached hydrogens (tertiary/aromatic N) is 2. The molecule has 0 atom stereocenters. The van der Waals surface area contributed by atoms with Gasteiger partial charge in [-0.3, -0.25) is 14.9 Å². The number of non-ortho nitro benzene ring substituents is 1. The zero-order chi connectivity index (χ0) is 18.0. The smallest absolute Gasteiger partial charge is 0.270 e. The monoisotopic (exact) mass is 357 g/mol. The number of amidine groups is 1. The van der Waals surface area contributed by atoms with Gasteiger partial charge in [-0.15, -0.1) is 0 Å². The Hall–Kier alpha value is -3.33. The van der Waals surface area contributed by atoms with E-state index in [9.17, 15) is 25.1 Å². The Balaban J connectivity index is 1.89. The summed E-state index contributed by atoms with van der Waals surface area (Å²) in [6.07, 6.45) is 1.35. The van der Waals surface area contributed by atoms with Crippen molar-refractivity contribution in [1.82, 2.24) is 5.32 Å². The minimum Gasteiger partial charge on any atom is -0.508 e. The molecule has 8 nitrogen and oxygen atoms in total. The summed E-state index contributed by atoms with van der Waals surface area (Å²) in [5.74, 6) is -0.562. The highest BCUT2D eigenvalue weighted by molar-refractivity contribution is 8.18. The zero-order valence-electron chi connectivity index (χ0n) is 12.5. The standard InChI is InChI=1S/C16H11N3O5S/c20-12-3-1-2-10(8-12)17-16-18-15(22)14(25-16)7-9-6-11(19(23)24)4-5-13(9)21/h1-8,20-21H,(H,17,18,22)/b14-7+. The molecule has 126 valence electrons. The van der Waals surface area contributed by atoms with Crippen LogP contribution >= 0.6 is 11.8 Å². The third kappa shape index (κ3) is 3.78. The summed E-state index contributed by atoms with van der Waals surface area (Å²) in [6.45, 7) is 0. The van der Waals surface area contributed by atoms with Crippen LogP contribution in [0.15, 0.2) is 52.4 Å². The number of benzene rings is 2. The van der Waals surface area contributed by atoms with Crippen LogP contribution in [0.5, 0.6) is 11.5 Å². The predicted molar refractivity (Wildman–Crippen MR) is 93.7 cm³/mol. The van der Waals surface area contributed by atoms with Gasteiger partial charge in [0, 0.05) is 23.8 Å². The molecule has 2 aromatic carbocycles. The van der Waals surface area contributed by atoms with Crippen molar-refractivity contribution in [3.05, 3.63) is 63.0 Å². The molecule has 1 amide bonds. The van der Waals surface area contributed by atoms with E-state index in [2.05, 4.69) is 10.3 Å². The molecule has 3 rings (SSSR count). The van der Waals surface area contributed by atoms with Crippen molar-refractivity contribution in [3.8, 4) is 11.5 Å². The summed E-state index contributed by atoms with van der Waals surface area (Å²) >= 11 is 1.03. The van der Waals surface area contributed by atoms with Gasteiger partial charge >= 0.3 is 0 Å². The fourth-order valence-corrected chi connectivity index (χ4v) is 2.91. The summed E-state index contributed by atoms with van der Waals surface area (Å²) in [5.41, 5.74) is 0.425. The number of amides is 1. The zero-order valence-corrected chi connectivity index (χ0v) is 13.4. The molecule has 25 heavy (non-hydrogen) atoms. The Labute approximate surface area is 145 Å². The summed E-state index contributed by atoms with van der Waals surface area (Å²) in [6, 6.07) is 9.77. The van der Waals surface area contributed by atoms with Gasteiger partial charge in [-0.2, -0.15) is 0 Å². The lowest BCUT2D eigenvalue weighted by atomic mass is 10.1. The fraction of sp³-hybridized carbons (Fsp3) is 0. The number of carbonyl (C=O) groups is 1. The van der Waals surface area contributed by atoms with Crippen LogP contribution in [0, 0.1) is 10.1 Å². The summed E-state index contributed by atoms with van der Waals surface area (Å²) in [5, 5.41) is 32.9. The Kier molecular flexibility index (Phi) is 4.40. The van der Waals surface area contributed by atoms with Crippen LogP contribution in [-0.4, -0.2) is 26.2 Å². The molecule has 1 aliphatic heterocycles. The molecule has 9 heteroatoms. The lowest BCUT2D eigenvalue weighted by molar-refractivity contribution is -0.384. The van der Waals surface area contributed by atoms with Gasteiger partial charge in [-0.05, 0) is 36.0 Å². The molecule has 1 saturated heterocycles. The number of aliphatic imine (C=N–C) groups is 1. The van der Waals surface area contributed by atoms with Gasteiger partial charge in [0.1, 0.15) is 11.5 Å². The number of phenolic OH excluding ortho intramolecular Hbond substituents is 2. The van der Waals surface area contributed by atoms with E-state index in [-0.39, 0.29) is 27.7 Å². The lowest BCUT2D eigenvalue weighted by Gasteiger charge is -2.00. The van der Waals surface area contributed by atoms with Crippen LogP contribution in [-0.2, 0) is 4.79 Å². The summed E-state index contributed by atoms with van der Waals surface area (Å²) in [4.78, 5) is 26.7. The van der Waals surface area contributed by atoms with Gasteiger partial charge in [0.25, 0.3) is 11.6 Å². The molecule has 0 unspecified atom stereocenters. The third-order valence-electron chi connectivity index (χ3n) is 3.22. The average Bonchev–Trinajstić information content (AvgIpc) is 2.88. The normalized spacial score (nSPS) is 17.0. The maximum Gasteiger partial charge on any atom is 0.270 e. The lowest BCUT2D eigenvalue weighted by Crippen LogP contribution is -2.19. The van der Waals surface area contributed by atoms with E-state index in [1.807, 2.05) is 0 Å². The van der Waals surface area contributed by atoms with Crippen molar-refractivity contribution >= 4 is 40.3 Å². The minimum absolute atomic E-state index is 0.0495. The molecular weight excluding hydrogens is 346 g/mol. The SMILES string of the molecule is O=C1NC(=Nc2cccc(O)c2)S/C1=C/c1cc([N+](=O)[O-])ccc1O. The van der Waals surface area contributed by atoms with E-state index >= 15 is 0 Å². The Morgan fingerprint density at radius 3 is 2.72 bits per heavy atom. The van der Waals surface area contributed by atoms with Crippen molar-refractivity contribution in [2.24, 2.45) is 4.99 Å². The van der Waals surface area contributed by atoms with Crippen molar-refractivity contribution < 1.29 is 19.9 Å². The number of nitrogens with one attached hydrogen (secondary N) is 1. The van der Waals surface area contributed by atoms with E-state index in [0.29, 0.717) is 10.9 Å². The van der Waals surface area contributed by atoms with E-state index in [1.165, 1.54) is 36.4 Å². The molecule has 0 spiro atoms. The number of hydrogen-bond acceptors (Lipinski definition) is 7. The Bertz CT molecular complexity index is 939. The van der Waals surface area contributed by atoms with Crippen LogP contribution in [0.1, 0.15) is 5.56 Å². The summed E-state index contributed by atoms with van der Waals surface area (Å²) < 4.78 is 0. The van der Waals surface area contributed by atoms with Gasteiger partial charge in [-0.1, -0.05) is 6.07 Å². The highest BCUT2D eigenvalue weighted by Gasteiger charge is 2.24. The van der Waals surface area contributed by atoms with Crippen molar-refractivity contribution in [3.63, 3.8) is 0 Å². The highest BCUT2D eigenvalue weighted by atomic mass is 32.2. The number of phenols is 2. The largest absolute Gasteiger partial charge is 0.508 e. The van der Waals surface area contributed by atoms with E-state index in [1.54, 1.807) is 12.1 Å². The maximum atomic E-state index is 12.0. The molecule has 3 N–H and O–H groups in total. The highest BCUT2D eigenvalue weighted by Crippen LogP contribution is 2.32. The van der Waals surface area contributed by atoms with Crippen LogP contribution in [0.2, 0.25) is 0 Å². The number of hydrogen-bond donors (Lipinski definition) is 3. The average molecular weight is 357 g/mol. The first-order valence-corrected chi connectivity index (χ1v) is 7.80. The molecule has 0 radical (unpaired) electrons. The number of nitro groups is 1. The van der Waals surface area contributed by atoms with Gasteiger partial charge < -0.3 is 15.5 Å². The summed E-state index contributed by atoms with van der Waals surface area (Å²) in [7, 11) is 0. The number of carbonyl (C=O) groups excluding carboxylic acids is 1. The Morgan fingerprint density at radius 1 is 1.20 bits per heavy atom. The first-order chi connectivity index (χ1) is 11.9. The molecule has 2 aromatic rings. The van der Waals surface area contributed by atoms with Crippen molar-refractivity contribution in [2.75, 3.05) is 0 Å². The molecule has 0 bridgehead atoms. The van der Waals surface area contributed by atoms with Crippen LogP contribution in [0.4, 0.5) is 11.4 Å². The third-order valence-corrected chi connectivity index (χ3v) is 4.13. The first kappa shape index (κ1) is 16.5. The second kappa shape index (κ2) is 6.65. The maximum absolute atomic E-state index is 12.0. The van der Waals surface area contributed by atoms with E-state index < -0.39 is 10.8 Å². The number of rotatable bonds is 3. The quantitative estimate of drug-likeness (QED) is 0.441. The first-order valence-electron chi connectivity index (χ1n) is 6.98. The van der Waals surface area contributed by atoms with E-state index in [4.69, 9.17) is 0 Å². The van der Waals surface area contributed by atoms with E-state index in [0.717, 1.165) is 11.8 Å². The molecule has 1 heterocycles. The molecule has 1 fully saturated rings. The van der Waals surface area contributed by atoms with Crippen molar-refractivity contribution in [1.29, 1.82) is 0 Å². The van der Waals surface area contributed by atoms with Crippen LogP contribution < -0.4 is 5.32 Å². The van der Waals surface area contributed by atoms with Gasteiger partial charge in [-0.25, -0.2) is 4.99 Å². The van der Waals surface area contributed by atoms with Gasteiger partial charge in [0.05, 0.1) is 15.5 Å². The number of thioether (sulfide) groups is 1. The van der Waals surface area contributed by atoms with Gasteiger partial charge in [0.15, 0.2) is 5.17 Å². The second-order valence-corrected chi connectivity index (χ2v) is 6.03. The minimum atomic E-state index is -0.585. The molecule has 1 aliphatic rings. The number of aromatic hydroxyl groups is 2. The second-order valence-electron chi connectivity index (χ2n) is 5.00. The van der Waals surface area contributed by atoms with Crippen molar-refractivity contribution in [2.45, 2.75) is 0 Å².